The molecule has 1 fully saturated rings. The van der Waals surface area contributed by atoms with Crippen LogP contribution in [-0.4, -0.2) is 49.6 Å². The Morgan fingerprint density at radius 2 is 1.76 bits per heavy atom. The van der Waals surface area contributed by atoms with Gasteiger partial charge in [-0.2, -0.15) is 5.26 Å². The standard InChI is InChI=1S/C25H26N2O6S/c1-5-33-22-10-15(6-8-20(22)31-3)17-12-23(28)27-24(18(17)13-26)34-14-25(27,29)16-7-9-19(30-2)21(11-16)32-4/h6-11,17,29H,5,12,14H2,1-4H3/t17-,25+/m0/s1. The van der Waals surface area contributed by atoms with E-state index in [1.54, 1.807) is 31.4 Å². The van der Waals surface area contributed by atoms with Crippen LogP contribution in [0.15, 0.2) is 47.0 Å². The molecular weight excluding hydrogens is 456 g/mol. The lowest BCUT2D eigenvalue weighted by Crippen LogP contribution is -2.48. The van der Waals surface area contributed by atoms with E-state index in [0.29, 0.717) is 45.8 Å². The molecule has 0 bridgehead atoms. The first-order chi connectivity index (χ1) is 16.4. The molecule has 2 atom stereocenters. The number of methoxy groups -OCH3 is 3. The maximum absolute atomic E-state index is 13.4. The summed E-state index contributed by atoms with van der Waals surface area (Å²) < 4.78 is 21.7. The third-order valence-electron chi connectivity index (χ3n) is 6.05. The minimum absolute atomic E-state index is 0.0421. The van der Waals surface area contributed by atoms with Gasteiger partial charge < -0.3 is 24.1 Å². The van der Waals surface area contributed by atoms with Gasteiger partial charge in [0.25, 0.3) is 0 Å². The molecule has 0 aromatic heterocycles. The molecule has 0 radical (unpaired) electrons. The summed E-state index contributed by atoms with van der Waals surface area (Å²) in [5.41, 5.74) is 0.0944. The number of carbonyl (C=O) groups is 1. The van der Waals surface area contributed by atoms with Gasteiger partial charge in [0.15, 0.2) is 28.7 Å². The molecule has 1 amide bonds. The zero-order valence-corrected chi connectivity index (χ0v) is 20.3. The molecule has 2 aliphatic heterocycles. The molecular formula is C25H26N2O6S. The van der Waals surface area contributed by atoms with Gasteiger partial charge in [0.1, 0.15) is 0 Å². The van der Waals surface area contributed by atoms with Gasteiger partial charge >= 0.3 is 0 Å². The van der Waals surface area contributed by atoms with E-state index in [2.05, 4.69) is 6.07 Å². The first-order valence-electron chi connectivity index (χ1n) is 10.8. The van der Waals surface area contributed by atoms with Gasteiger partial charge in [-0.15, -0.1) is 11.8 Å². The molecule has 1 saturated heterocycles. The van der Waals surface area contributed by atoms with Crippen LogP contribution in [0, 0.1) is 11.3 Å². The second kappa shape index (κ2) is 9.49. The fourth-order valence-corrected chi connectivity index (χ4v) is 5.75. The van der Waals surface area contributed by atoms with Crippen LogP contribution in [0.5, 0.6) is 23.0 Å². The van der Waals surface area contributed by atoms with Crippen molar-refractivity contribution in [1.29, 1.82) is 5.26 Å². The van der Waals surface area contributed by atoms with Crippen molar-refractivity contribution >= 4 is 17.7 Å². The Morgan fingerprint density at radius 1 is 1.09 bits per heavy atom. The molecule has 4 rings (SSSR count). The molecule has 9 heteroatoms. The number of benzene rings is 2. The molecule has 178 valence electrons. The van der Waals surface area contributed by atoms with Crippen molar-refractivity contribution in [3.8, 4) is 29.1 Å². The Bertz CT molecular complexity index is 1190. The number of nitrogens with zero attached hydrogens (tertiary/aromatic N) is 2. The predicted octanol–water partition coefficient (Wildman–Crippen LogP) is 3.75. The summed E-state index contributed by atoms with van der Waals surface area (Å²) in [6, 6.07) is 12.8. The summed E-state index contributed by atoms with van der Waals surface area (Å²) >= 11 is 1.29. The fraction of sp³-hybridized carbons (Fsp3) is 0.360. The number of aliphatic hydroxyl groups is 1. The first-order valence-corrected chi connectivity index (χ1v) is 11.8. The van der Waals surface area contributed by atoms with Gasteiger partial charge in [-0.25, -0.2) is 0 Å². The van der Waals surface area contributed by atoms with E-state index in [1.807, 2.05) is 19.1 Å². The molecule has 2 aromatic carbocycles. The zero-order valence-electron chi connectivity index (χ0n) is 19.5. The maximum Gasteiger partial charge on any atom is 0.231 e. The number of hydrogen-bond donors (Lipinski definition) is 1. The molecule has 0 unspecified atom stereocenters. The van der Waals surface area contributed by atoms with Crippen LogP contribution in [-0.2, 0) is 10.5 Å². The third-order valence-corrected chi connectivity index (χ3v) is 7.27. The minimum atomic E-state index is -1.61. The monoisotopic (exact) mass is 482 g/mol. The summed E-state index contributed by atoms with van der Waals surface area (Å²) in [6.45, 7) is 2.33. The molecule has 0 aliphatic carbocycles. The molecule has 0 saturated carbocycles. The highest BCUT2D eigenvalue weighted by Gasteiger charge is 2.52. The summed E-state index contributed by atoms with van der Waals surface area (Å²) in [7, 11) is 4.60. The van der Waals surface area contributed by atoms with Crippen LogP contribution in [0.4, 0.5) is 0 Å². The lowest BCUT2D eigenvalue weighted by Gasteiger charge is -2.38. The smallest absolute Gasteiger partial charge is 0.231 e. The fourth-order valence-electron chi connectivity index (χ4n) is 4.39. The SMILES string of the molecule is CCOc1cc([C@@H]2CC(=O)N3C(=C2C#N)SC[C@@]3(O)c2ccc(OC)c(OC)c2)ccc1OC. The number of fused-ring (bicyclic) bond motifs is 1. The lowest BCUT2D eigenvalue weighted by atomic mass is 9.85. The molecule has 8 nitrogen and oxygen atoms in total. The maximum atomic E-state index is 13.4. The number of hydrogen-bond acceptors (Lipinski definition) is 8. The van der Waals surface area contributed by atoms with Crippen molar-refractivity contribution in [2.45, 2.75) is 25.0 Å². The second-order valence-electron chi connectivity index (χ2n) is 7.83. The molecule has 2 heterocycles. The zero-order chi connectivity index (χ0) is 24.5. The van der Waals surface area contributed by atoms with Gasteiger partial charge in [-0.05, 0) is 36.8 Å². The predicted molar refractivity (Wildman–Crippen MR) is 127 cm³/mol. The Labute approximate surface area is 202 Å². The van der Waals surface area contributed by atoms with E-state index in [-0.39, 0.29) is 18.1 Å². The summed E-state index contributed by atoms with van der Waals surface area (Å²) in [4.78, 5) is 14.8. The topological polar surface area (TPSA) is 101 Å². The van der Waals surface area contributed by atoms with Crippen LogP contribution < -0.4 is 18.9 Å². The number of carbonyl (C=O) groups excluding carboxylic acids is 1. The third kappa shape index (κ3) is 3.83. The Kier molecular flexibility index (Phi) is 6.64. The van der Waals surface area contributed by atoms with Gasteiger partial charge in [0.05, 0.1) is 50.4 Å². The van der Waals surface area contributed by atoms with Crippen LogP contribution >= 0.6 is 11.8 Å². The first kappa shape index (κ1) is 23.8. The molecule has 34 heavy (non-hydrogen) atoms. The lowest BCUT2D eigenvalue weighted by molar-refractivity contribution is -0.149. The van der Waals surface area contributed by atoms with Crippen LogP contribution in [0.3, 0.4) is 0 Å². The van der Waals surface area contributed by atoms with E-state index in [4.69, 9.17) is 18.9 Å². The quantitative estimate of drug-likeness (QED) is 0.637. The van der Waals surface area contributed by atoms with Gasteiger partial charge in [-0.3, -0.25) is 9.69 Å². The molecule has 2 aliphatic rings. The second-order valence-corrected chi connectivity index (χ2v) is 8.80. The minimum Gasteiger partial charge on any atom is -0.493 e. The molecule has 2 aromatic rings. The number of amides is 1. The van der Waals surface area contributed by atoms with Crippen molar-refractivity contribution in [2.24, 2.45) is 0 Å². The van der Waals surface area contributed by atoms with E-state index in [9.17, 15) is 15.2 Å². The van der Waals surface area contributed by atoms with E-state index in [0.717, 1.165) is 5.56 Å². The average molecular weight is 483 g/mol. The van der Waals surface area contributed by atoms with E-state index >= 15 is 0 Å². The van der Waals surface area contributed by atoms with E-state index in [1.165, 1.54) is 30.9 Å². The molecule has 1 N–H and O–H groups in total. The largest absolute Gasteiger partial charge is 0.493 e. The van der Waals surface area contributed by atoms with Crippen molar-refractivity contribution in [3.63, 3.8) is 0 Å². The Morgan fingerprint density at radius 3 is 2.41 bits per heavy atom. The van der Waals surface area contributed by atoms with Crippen molar-refractivity contribution < 1.29 is 28.8 Å². The van der Waals surface area contributed by atoms with Gasteiger partial charge in [-0.1, -0.05) is 12.1 Å². The number of nitriles is 1. The summed E-state index contributed by atoms with van der Waals surface area (Å²) in [5.74, 6) is 1.57. The highest BCUT2D eigenvalue weighted by atomic mass is 32.2. The highest BCUT2D eigenvalue weighted by molar-refractivity contribution is 8.03. The Balaban J connectivity index is 1.77. The van der Waals surface area contributed by atoms with E-state index < -0.39 is 11.6 Å². The summed E-state index contributed by atoms with van der Waals surface area (Å²) in [5, 5.41) is 22.2. The number of rotatable bonds is 7. The van der Waals surface area contributed by atoms with Crippen molar-refractivity contribution in [3.05, 3.63) is 58.1 Å². The van der Waals surface area contributed by atoms with Crippen LogP contribution in [0.25, 0.3) is 0 Å². The van der Waals surface area contributed by atoms with Gasteiger partial charge in [0, 0.05) is 17.9 Å². The number of ether oxygens (including phenoxy) is 4. The van der Waals surface area contributed by atoms with Crippen LogP contribution in [0.1, 0.15) is 30.4 Å². The van der Waals surface area contributed by atoms with Crippen molar-refractivity contribution in [2.75, 3.05) is 33.7 Å². The Hall–Kier alpha value is -3.35. The average Bonchev–Trinajstić information content (AvgIpc) is 3.22. The van der Waals surface area contributed by atoms with Gasteiger partial charge in [0.2, 0.25) is 5.91 Å². The van der Waals surface area contributed by atoms with Crippen molar-refractivity contribution in [1.82, 2.24) is 4.90 Å². The number of allylic oxidation sites excluding steroid dienone is 1. The normalized spacial score (nSPS) is 21.7. The molecule has 0 spiro atoms. The summed E-state index contributed by atoms with van der Waals surface area (Å²) in [6.07, 6.45) is 0.0421. The number of thioether (sulfide) groups is 1. The highest BCUT2D eigenvalue weighted by Crippen LogP contribution is 2.52. The van der Waals surface area contributed by atoms with Crippen LogP contribution in [0.2, 0.25) is 0 Å².